The van der Waals surface area contributed by atoms with E-state index in [2.05, 4.69) is 22.6 Å². The number of carbonyl (C=O) groups excluding carboxylic acids is 4. The molecule has 0 bridgehead atoms. The van der Waals surface area contributed by atoms with Gasteiger partial charge in [-0.05, 0) is 23.3 Å². The Kier molecular flexibility index (Phi) is 11.3. The third kappa shape index (κ3) is 11.0. The molecule has 0 aliphatic heterocycles. The molecular weight excluding hydrogens is 392 g/mol. The normalized spacial score (nSPS) is 10.4. The van der Waals surface area contributed by atoms with Crippen LogP contribution in [0, 0.1) is 0 Å². The number of esters is 4. The minimum atomic E-state index is -0.585. The minimum absolute atomic E-state index is 0.0477. The highest BCUT2D eigenvalue weighted by Crippen LogP contribution is 2.08. The molecule has 0 aromatic heterocycles. The maximum Gasteiger partial charge on any atom is 0.330 e. The Balaban J connectivity index is 2.36. The molecule has 0 heterocycles. The lowest BCUT2D eigenvalue weighted by molar-refractivity contribution is -0.145. The van der Waals surface area contributed by atoms with Gasteiger partial charge in [0.1, 0.15) is 26.4 Å². The summed E-state index contributed by atoms with van der Waals surface area (Å²) in [6.45, 7) is 6.29. The molecule has 0 atom stereocenters. The van der Waals surface area contributed by atoms with E-state index in [1.165, 1.54) is 12.2 Å². The summed E-state index contributed by atoms with van der Waals surface area (Å²) >= 11 is 0. The van der Waals surface area contributed by atoms with E-state index in [0.29, 0.717) is 0 Å². The lowest BCUT2D eigenvalue weighted by Crippen LogP contribution is -2.11. The molecule has 8 nitrogen and oxygen atoms in total. The van der Waals surface area contributed by atoms with Crippen molar-refractivity contribution in [1.29, 1.82) is 0 Å². The zero-order valence-electron chi connectivity index (χ0n) is 16.3. The van der Waals surface area contributed by atoms with Crippen LogP contribution >= 0.6 is 0 Å². The highest BCUT2D eigenvalue weighted by atomic mass is 16.6. The summed E-state index contributed by atoms with van der Waals surface area (Å²) < 4.78 is 19.1. The van der Waals surface area contributed by atoms with Crippen molar-refractivity contribution < 1.29 is 38.1 Å². The zero-order chi connectivity index (χ0) is 22.2. The van der Waals surface area contributed by atoms with E-state index in [4.69, 9.17) is 9.47 Å². The highest BCUT2D eigenvalue weighted by Gasteiger charge is 2.01. The second-order valence-corrected chi connectivity index (χ2v) is 5.41. The lowest BCUT2D eigenvalue weighted by atomic mass is 10.1. The fourth-order valence-corrected chi connectivity index (χ4v) is 1.83. The number of hydrogen-bond donors (Lipinski definition) is 0. The predicted octanol–water partition coefficient (Wildman–Crippen LogP) is 2.26. The van der Waals surface area contributed by atoms with Crippen molar-refractivity contribution in [2.24, 2.45) is 0 Å². The first-order chi connectivity index (χ1) is 14.4. The summed E-state index contributed by atoms with van der Waals surface area (Å²) in [5.41, 5.74) is 1.49. The van der Waals surface area contributed by atoms with Crippen LogP contribution in [0.4, 0.5) is 0 Å². The van der Waals surface area contributed by atoms with Gasteiger partial charge in [0.2, 0.25) is 0 Å². The Hall–Kier alpha value is -3.94. The van der Waals surface area contributed by atoms with Crippen molar-refractivity contribution in [2.75, 3.05) is 26.4 Å². The predicted molar refractivity (Wildman–Crippen MR) is 109 cm³/mol. The molecule has 0 saturated heterocycles. The summed E-state index contributed by atoms with van der Waals surface area (Å²) in [6.07, 6.45) is 7.66. The van der Waals surface area contributed by atoms with Crippen LogP contribution in [0.1, 0.15) is 11.1 Å². The summed E-state index contributed by atoms with van der Waals surface area (Å²) in [5.74, 6) is -2.32. The highest BCUT2D eigenvalue weighted by molar-refractivity contribution is 5.88. The van der Waals surface area contributed by atoms with E-state index in [1.54, 1.807) is 36.4 Å². The standard InChI is InChI=1S/C22H22O8/c1-3-19(23)27-13-15-29-21(25)11-9-17-5-7-18(8-6-17)10-12-22(26)30-16-14-28-20(24)4-2/h3-12H,1-2,13-16H2/b11-9+,12-10+. The fraction of sp³-hybridized carbons (Fsp3) is 0.182. The quantitative estimate of drug-likeness (QED) is 0.222. The summed E-state index contributed by atoms with van der Waals surface area (Å²) in [4.78, 5) is 44.8. The molecule has 0 spiro atoms. The van der Waals surface area contributed by atoms with E-state index in [0.717, 1.165) is 23.3 Å². The van der Waals surface area contributed by atoms with Crippen LogP contribution in [0.25, 0.3) is 12.2 Å². The van der Waals surface area contributed by atoms with Gasteiger partial charge >= 0.3 is 23.9 Å². The van der Waals surface area contributed by atoms with E-state index in [9.17, 15) is 19.2 Å². The van der Waals surface area contributed by atoms with E-state index >= 15 is 0 Å². The van der Waals surface area contributed by atoms with Crippen LogP contribution in [-0.2, 0) is 38.1 Å². The molecule has 8 heteroatoms. The van der Waals surface area contributed by atoms with Crippen LogP contribution in [0.5, 0.6) is 0 Å². The van der Waals surface area contributed by atoms with Gasteiger partial charge in [0.15, 0.2) is 0 Å². The number of benzene rings is 1. The molecule has 0 saturated carbocycles. The van der Waals surface area contributed by atoms with Crippen LogP contribution < -0.4 is 0 Å². The Morgan fingerprint density at radius 1 is 0.600 bits per heavy atom. The first-order valence-electron chi connectivity index (χ1n) is 8.82. The maximum absolute atomic E-state index is 11.6. The molecule has 1 aromatic carbocycles. The van der Waals surface area contributed by atoms with Crippen molar-refractivity contribution >= 4 is 36.0 Å². The van der Waals surface area contributed by atoms with E-state index < -0.39 is 23.9 Å². The number of rotatable bonds is 12. The summed E-state index contributed by atoms with van der Waals surface area (Å²) in [7, 11) is 0. The van der Waals surface area contributed by atoms with Gasteiger partial charge < -0.3 is 18.9 Å². The molecule has 1 aromatic rings. The molecule has 158 valence electrons. The molecule has 30 heavy (non-hydrogen) atoms. The molecule has 0 N–H and O–H groups in total. The largest absolute Gasteiger partial charge is 0.459 e. The second kappa shape index (κ2) is 14.1. The van der Waals surface area contributed by atoms with Crippen molar-refractivity contribution in [3.63, 3.8) is 0 Å². The smallest absolute Gasteiger partial charge is 0.330 e. The molecule has 0 aliphatic rings. The Bertz CT molecular complexity index is 749. The van der Waals surface area contributed by atoms with E-state index in [-0.39, 0.29) is 26.4 Å². The molecular formula is C22H22O8. The summed E-state index contributed by atoms with van der Waals surface area (Å²) in [5, 5.41) is 0. The van der Waals surface area contributed by atoms with E-state index in [1.807, 2.05) is 0 Å². The Morgan fingerprint density at radius 2 is 0.900 bits per heavy atom. The average molecular weight is 414 g/mol. The average Bonchev–Trinajstić information content (AvgIpc) is 2.76. The number of hydrogen-bond acceptors (Lipinski definition) is 8. The maximum atomic E-state index is 11.6. The minimum Gasteiger partial charge on any atom is -0.459 e. The van der Waals surface area contributed by atoms with Crippen LogP contribution in [0.2, 0.25) is 0 Å². The molecule has 0 fully saturated rings. The second-order valence-electron chi connectivity index (χ2n) is 5.41. The zero-order valence-corrected chi connectivity index (χ0v) is 16.3. The van der Waals surface area contributed by atoms with Gasteiger partial charge in [-0.15, -0.1) is 0 Å². The van der Waals surface area contributed by atoms with Gasteiger partial charge in [0.25, 0.3) is 0 Å². The van der Waals surface area contributed by atoms with Crippen molar-refractivity contribution in [3.05, 3.63) is 72.9 Å². The molecule has 0 amide bonds. The number of carbonyl (C=O) groups is 4. The van der Waals surface area contributed by atoms with Gasteiger partial charge in [-0.1, -0.05) is 37.4 Å². The first-order valence-corrected chi connectivity index (χ1v) is 8.82. The Labute approximate surface area is 174 Å². The van der Waals surface area contributed by atoms with Crippen LogP contribution in [0.15, 0.2) is 61.7 Å². The summed E-state index contributed by atoms with van der Waals surface area (Å²) in [6, 6.07) is 6.98. The van der Waals surface area contributed by atoms with Crippen LogP contribution in [-0.4, -0.2) is 50.3 Å². The fourth-order valence-electron chi connectivity index (χ4n) is 1.83. The van der Waals surface area contributed by atoms with Crippen LogP contribution in [0.3, 0.4) is 0 Å². The third-order valence-electron chi connectivity index (χ3n) is 3.24. The van der Waals surface area contributed by atoms with Crippen molar-refractivity contribution in [3.8, 4) is 0 Å². The topological polar surface area (TPSA) is 105 Å². The first kappa shape index (κ1) is 24.1. The third-order valence-corrected chi connectivity index (χ3v) is 3.24. The van der Waals surface area contributed by atoms with Gasteiger partial charge in [0.05, 0.1) is 0 Å². The Morgan fingerprint density at radius 3 is 1.20 bits per heavy atom. The number of ether oxygens (including phenoxy) is 4. The van der Waals surface area contributed by atoms with Gasteiger partial charge in [-0.3, -0.25) is 0 Å². The monoisotopic (exact) mass is 414 g/mol. The van der Waals surface area contributed by atoms with Gasteiger partial charge in [-0.25, -0.2) is 19.2 Å². The molecule has 0 radical (unpaired) electrons. The van der Waals surface area contributed by atoms with Crippen molar-refractivity contribution in [1.82, 2.24) is 0 Å². The SMILES string of the molecule is C=CC(=O)OCCOC(=O)/C=C/c1ccc(/C=C/C(=O)OCCOC(=O)C=C)cc1. The molecule has 0 aliphatic carbocycles. The molecule has 0 unspecified atom stereocenters. The van der Waals surface area contributed by atoms with Crippen molar-refractivity contribution in [2.45, 2.75) is 0 Å². The van der Waals surface area contributed by atoms with Gasteiger partial charge in [0, 0.05) is 24.3 Å². The lowest BCUT2D eigenvalue weighted by Gasteiger charge is -2.02. The molecule has 1 rings (SSSR count). The van der Waals surface area contributed by atoms with Gasteiger partial charge in [-0.2, -0.15) is 0 Å².